The highest BCUT2D eigenvalue weighted by molar-refractivity contribution is 5.79. The molecule has 27 heavy (non-hydrogen) atoms. The van der Waals surface area contributed by atoms with Crippen LogP contribution in [0.2, 0.25) is 0 Å². The van der Waals surface area contributed by atoms with Gasteiger partial charge in [-0.3, -0.25) is 9.69 Å². The summed E-state index contributed by atoms with van der Waals surface area (Å²) in [6.07, 6.45) is 0. The van der Waals surface area contributed by atoms with Gasteiger partial charge in [0, 0.05) is 38.1 Å². The third kappa shape index (κ3) is 4.68. The number of carbonyl (C=O) groups is 1. The number of hydrogen-bond acceptors (Lipinski definition) is 4. The number of nitrogens with zero attached hydrogens (tertiary/aromatic N) is 3. The Bertz CT molecular complexity index is 765. The zero-order chi connectivity index (χ0) is 19.4. The van der Waals surface area contributed by atoms with Crippen molar-refractivity contribution in [2.75, 3.05) is 32.8 Å². The first-order valence-electron chi connectivity index (χ1n) is 10.0. The minimum absolute atomic E-state index is 0.0996. The summed E-state index contributed by atoms with van der Waals surface area (Å²) in [7, 11) is 0. The molecule has 1 saturated heterocycles. The van der Waals surface area contributed by atoms with Gasteiger partial charge in [0.05, 0.1) is 30.2 Å². The Morgan fingerprint density at radius 2 is 1.89 bits per heavy atom. The van der Waals surface area contributed by atoms with Crippen LogP contribution < -0.4 is 5.32 Å². The van der Waals surface area contributed by atoms with Gasteiger partial charge in [0.2, 0.25) is 5.91 Å². The maximum atomic E-state index is 12.7. The standard InChI is InChI=1S/C21H32N4O2/c1-15(2)20-23-18-7-5-6-8-19(18)25(20)14-16(3)21(26)22-13-17(4)24-9-11-27-12-10-24/h5-8,15-17H,9-14H2,1-4H3,(H,22,26)/t16-,17-/m1/s1. The van der Waals surface area contributed by atoms with Crippen LogP contribution in [0.15, 0.2) is 24.3 Å². The summed E-state index contributed by atoms with van der Waals surface area (Å²) in [4.78, 5) is 19.8. The lowest BCUT2D eigenvalue weighted by molar-refractivity contribution is -0.125. The van der Waals surface area contributed by atoms with Gasteiger partial charge in [0.1, 0.15) is 5.82 Å². The van der Waals surface area contributed by atoms with E-state index in [0.29, 0.717) is 25.0 Å². The van der Waals surface area contributed by atoms with Crippen LogP contribution in [-0.4, -0.2) is 59.2 Å². The monoisotopic (exact) mass is 372 g/mol. The molecule has 0 saturated carbocycles. The van der Waals surface area contributed by atoms with E-state index in [1.165, 1.54) is 0 Å². The number of benzene rings is 1. The van der Waals surface area contributed by atoms with E-state index in [1.807, 2.05) is 25.1 Å². The Balaban J connectivity index is 1.62. The number of nitrogens with one attached hydrogen (secondary N) is 1. The first-order chi connectivity index (χ1) is 13.0. The van der Waals surface area contributed by atoms with Gasteiger partial charge in [0.15, 0.2) is 0 Å². The third-order valence-corrected chi connectivity index (χ3v) is 5.35. The molecule has 2 aromatic rings. The van der Waals surface area contributed by atoms with Crippen molar-refractivity contribution in [2.45, 2.75) is 46.2 Å². The number of para-hydroxylation sites is 2. The van der Waals surface area contributed by atoms with E-state index in [2.05, 4.69) is 41.6 Å². The highest BCUT2D eigenvalue weighted by Crippen LogP contribution is 2.23. The molecule has 1 aliphatic heterocycles. The topological polar surface area (TPSA) is 59.4 Å². The van der Waals surface area contributed by atoms with Crippen molar-refractivity contribution in [1.82, 2.24) is 19.8 Å². The van der Waals surface area contributed by atoms with E-state index in [-0.39, 0.29) is 11.8 Å². The second-order valence-corrected chi connectivity index (χ2v) is 7.87. The molecular weight excluding hydrogens is 340 g/mol. The number of amides is 1. The molecule has 148 valence electrons. The minimum Gasteiger partial charge on any atom is -0.379 e. The summed E-state index contributed by atoms with van der Waals surface area (Å²) in [6.45, 7) is 13.2. The maximum absolute atomic E-state index is 12.7. The smallest absolute Gasteiger partial charge is 0.224 e. The van der Waals surface area contributed by atoms with Crippen molar-refractivity contribution >= 4 is 16.9 Å². The van der Waals surface area contributed by atoms with E-state index in [1.54, 1.807) is 0 Å². The Hall–Kier alpha value is -1.92. The molecule has 1 fully saturated rings. The average molecular weight is 373 g/mol. The van der Waals surface area contributed by atoms with E-state index in [0.717, 1.165) is 43.2 Å². The van der Waals surface area contributed by atoms with Crippen LogP contribution in [0.3, 0.4) is 0 Å². The van der Waals surface area contributed by atoms with Gasteiger partial charge in [-0.15, -0.1) is 0 Å². The highest BCUT2D eigenvalue weighted by atomic mass is 16.5. The van der Waals surface area contributed by atoms with Gasteiger partial charge in [-0.05, 0) is 19.1 Å². The fraction of sp³-hybridized carbons (Fsp3) is 0.619. The van der Waals surface area contributed by atoms with Crippen LogP contribution >= 0.6 is 0 Å². The van der Waals surface area contributed by atoms with Gasteiger partial charge in [0.25, 0.3) is 0 Å². The molecule has 1 aliphatic rings. The van der Waals surface area contributed by atoms with E-state index < -0.39 is 0 Å². The largest absolute Gasteiger partial charge is 0.379 e. The van der Waals surface area contributed by atoms with Crippen LogP contribution in [0, 0.1) is 5.92 Å². The zero-order valence-corrected chi connectivity index (χ0v) is 16.9. The predicted molar refractivity (Wildman–Crippen MR) is 108 cm³/mol. The molecule has 3 rings (SSSR count). The molecule has 2 atom stereocenters. The van der Waals surface area contributed by atoms with Gasteiger partial charge < -0.3 is 14.6 Å². The molecule has 1 amide bonds. The molecular formula is C21H32N4O2. The lowest BCUT2D eigenvalue weighted by atomic mass is 10.1. The fourth-order valence-electron chi connectivity index (χ4n) is 3.65. The Morgan fingerprint density at radius 1 is 1.19 bits per heavy atom. The number of hydrogen-bond donors (Lipinski definition) is 1. The lowest BCUT2D eigenvalue weighted by Crippen LogP contribution is -2.48. The average Bonchev–Trinajstić information content (AvgIpc) is 3.05. The number of rotatable bonds is 7. The first-order valence-corrected chi connectivity index (χ1v) is 10.0. The van der Waals surface area contributed by atoms with Crippen molar-refractivity contribution in [3.05, 3.63) is 30.1 Å². The van der Waals surface area contributed by atoms with Gasteiger partial charge >= 0.3 is 0 Å². The van der Waals surface area contributed by atoms with Crippen LogP contribution in [0.5, 0.6) is 0 Å². The van der Waals surface area contributed by atoms with Crippen molar-refractivity contribution in [1.29, 1.82) is 0 Å². The first kappa shape index (κ1) is 19.8. The van der Waals surface area contributed by atoms with Crippen molar-refractivity contribution < 1.29 is 9.53 Å². The van der Waals surface area contributed by atoms with Crippen LogP contribution in [0.25, 0.3) is 11.0 Å². The maximum Gasteiger partial charge on any atom is 0.224 e. The summed E-state index contributed by atoms with van der Waals surface area (Å²) < 4.78 is 7.60. The normalized spacial score (nSPS) is 18.0. The molecule has 0 spiro atoms. The number of aromatic nitrogens is 2. The number of carbonyl (C=O) groups excluding carboxylic acids is 1. The molecule has 1 aromatic heterocycles. The third-order valence-electron chi connectivity index (χ3n) is 5.35. The molecule has 0 radical (unpaired) electrons. The SMILES string of the molecule is CC(C)c1nc2ccccc2n1C[C@@H](C)C(=O)NC[C@@H](C)N1CCOCC1. The summed E-state index contributed by atoms with van der Waals surface area (Å²) >= 11 is 0. The van der Waals surface area contributed by atoms with Crippen molar-refractivity contribution in [2.24, 2.45) is 5.92 Å². The molecule has 0 bridgehead atoms. The lowest BCUT2D eigenvalue weighted by Gasteiger charge is -2.32. The molecule has 6 nitrogen and oxygen atoms in total. The van der Waals surface area contributed by atoms with Gasteiger partial charge in [-0.25, -0.2) is 4.98 Å². The molecule has 1 aromatic carbocycles. The van der Waals surface area contributed by atoms with Gasteiger partial charge in [-0.1, -0.05) is 32.9 Å². The Morgan fingerprint density at radius 3 is 2.59 bits per heavy atom. The zero-order valence-electron chi connectivity index (χ0n) is 16.9. The molecule has 6 heteroatoms. The molecule has 0 aliphatic carbocycles. The van der Waals surface area contributed by atoms with Crippen LogP contribution in [0.1, 0.15) is 39.4 Å². The van der Waals surface area contributed by atoms with Crippen LogP contribution in [0.4, 0.5) is 0 Å². The second kappa shape index (κ2) is 8.85. The Labute approximate surface area is 161 Å². The number of imidazole rings is 1. The van der Waals surface area contributed by atoms with Gasteiger partial charge in [-0.2, -0.15) is 0 Å². The molecule has 2 heterocycles. The summed E-state index contributed by atoms with van der Waals surface area (Å²) in [6, 6.07) is 8.48. The summed E-state index contributed by atoms with van der Waals surface area (Å²) in [5, 5.41) is 3.13. The number of ether oxygens (including phenoxy) is 1. The van der Waals surface area contributed by atoms with E-state index in [4.69, 9.17) is 9.72 Å². The minimum atomic E-state index is -0.114. The van der Waals surface area contributed by atoms with Crippen molar-refractivity contribution in [3.8, 4) is 0 Å². The van der Waals surface area contributed by atoms with E-state index >= 15 is 0 Å². The summed E-state index contributed by atoms with van der Waals surface area (Å²) in [5.41, 5.74) is 2.09. The van der Waals surface area contributed by atoms with E-state index in [9.17, 15) is 4.79 Å². The predicted octanol–water partition coefficient (Wildman–Crippen LogP) is 2.63. The number of fused-ring (bicyclic) bond motifs is 1. The van der Waals surface area contributed by atoms with Crippen molar-refractivity contribution in [3.63, 3.8) is 0 Å². The quantitative estimate of drug-likeness (QED) is 0.812. The fourth-order valence-corrected chi connectivity index (χ4v) is 3.65. The molecule has 0 unspecified atom stereocenters. The second-order valence-electron chi connectivity index (χ2n) is 7.87. The summed E-state index contributed by atoms with van der Waals surface area (Å²) in [5.74, 6) is 1.34. The molecule has 1 N–H and O–H groups in total. The highest BCUT2D eigenvalue weighted by Gasteiger charge is 2.21. The Kier molecular flexibility index (Phi) is 6.50. The van der Waals surface area contributed by atoms with Crippen LogP contribution in [-0.2, 0) is 16.1 Å². The number of morpholine rings is 1.